The molecule has 0 saturated heterocycles. The summed E-state index contributed by atoms with van der Waals surface area (Å²) in [5.41, 5.74) is 1.31. The SMILES string of the molecule is C[C@H](NCC(=O)NCc1ccc(Cl)cc1Cl)c1ccc(F)c(F)c1. The largest absolute Gasteiger partial charge is 0.351 e. The first-order valence-corrected chi connectivity index (χ1v) is 8.01. The van der Waals surface area contributed by atoms with E-state index in [1.54, 1.807) is 25.1 Å². The fourth-order valence-corrected chi connectivity index (χ4v) is 2.54. The lowest BCUT2D eigenvalue weighted by Crippen LogP contribution is -2.34. The van der Waals surface area contributed by atoms with Crippen LogP contribution in [0.5, 0.6) is 0 Å². The first-order chi connectivity index (χ1) is 11.4. The Hall–Kier alpha value is -1.69. The Balaban J connectivity index is 1.83. The molecule has 0 aromatic heterocycles. The maximum atomic E-state index is 13.2. The molecule has 128 valence electrons. The van der Waals surface area contributed by atoms with Gasteiger partial charge in [0.25, 0.3) is 0 Å². The molecule has 2 rings (SSSR count). The van der Waals surface area contributed by atoms with Crippen LogP contribution in [0.25, 0.3) is 0 Å². The summed E-state index contributed by atoms with van der Waals surface area (Å²) in [5, 5.41) is 6.68. The molecule has 0 aliphatic rings. The van der Waals surface area contributed by atoms with Crippen LogP contribution in [0.2, 0.25) is 10.0 Å². The van der Waals surface area contributed by atoms with Crippen LogP contribution >= 0.6 is 23.2 Å². The number of benzene rings is 2. The van der Waals surface area contributed by atoms with Crippen molar-refractivity contribution < 1.29 is 13.6 Å². The van der Waals surface area contributed by atoms with E-state index in [2.05, 4.69) is 10.6 Å². The summed E-state index contributed by atoms with van der Waals surface area (Å²) in [6.07, 6.45) is 0. The zero-order valence-corrected chi connectivity index (χ0v) is 14.4. The quantitative estimate of drug-likeness (QED) is 0.796. The molecule has 1 amide bonds. The third-order valence-electron chi connectivity index (χ3n) is 3.50. The highest BCUT2D eigenvalue weighted by Crippen LogP contribution is 2.20. The predicted octanol–water partition coefficient (Wildman–Crippen LogP) is 4.24. The predicted molar refractivity (Wildman–Crippen MR) is 91.1 cm³/mol. The zero-order valence-electron chi connectivity index (χ0n) is 12.9. The number of carbonyl (C=O) groups excluding carboxylic acids is 1. The van der Waals surface area contributed by atoms with Crippen molar-refractivity contribution in [1.82, 2.24) is 10.6 Å². The molecule has 2 aromatic rings. The molecular weight excluding hydrogens is 357 g/mol. The zero-order chi connectivity index (χ0) is 17.7. The first-order valence-electron chi connectivity index (χ1n) is 7.26. The Morgan fingerprint density at radius 2 is 1.88 bits per heavy atom. The molecule has 0 heterocycles. The normalized spacial score (nSPS) is 12.0. The lowest BCUT2D eigenvalue weighted by Gasteiger charge is -2.14. The third kappa shape index (κ3) is 5.16. The smallest absolute Gasteiger partial charge is 0.234 e. The van der Waals surface area contributed by atoms with Gasteiger partial charge in [-0.1, -0.05) is 35.3 Å². The fraction of sp³-hybridized carbons (Fsp3) is 0.235. The number of nitrogens with one attached hydrogen (secondary N) is 2. The maximum absolute atomic E-state index is 13.2. The van der Waals surface area contributed by atoms with Crippen LogP contribution in [-0.4, -0.2) is 12.5 Å². The van der Waals surface area contributed by atoms with Gasteiger partial charge in [0.1, 0.15) is 0 Å². The van der Waals surface area contributed by atoms with E-state index in [4.69, 9.17) is 23.2 Å². The minimum Gasteiger partial charge on any atom is -0.351 e. The van der Waals surface area contributed by atoms with Gasteiger partial charge >= 0.3 is 0 Å². The highest BCUT2D eigenvalue weighted by Gasteiger charge is 2.11. The Bertz CT molecular complexity index is 741. The molecule has 0 spiro atoms. The number of halogens is 4. The standard InChI is InChI=1S/C17H16Cl2F2N2O/c1-10(11-3-5-15(20)16(21)6-11)22-9-17(24)23-8-12-2-4-13(18)7-14(12)19/h2-7,10,22H,8-9H2,1H3,(H,23,24)/t10-/m0/s1. The van der Waals surface area contributed by atoms with Crippen molar-refractivity contribution in [2.75, 3.05) is 6.54 Å². The number of amides is 1. The van der Waals surface area contributed by atoms with E-state index in [0.29, 0.717) is 15.6 Å². The average Bonchev–Trinajstić information content (AvgIpc) is 2.54. The summed E-state index contributed by atoms with van der Waals surface area (Å²) in [4.78, 5) is 11.9. The summed E-state index contributed by atoms with van der Waals surface area (Å²) in [6.45, 7) is 2.07. The molecule has 0 aliphatic heterocycles. The summed E-state index contributed by atoms with van der Waals surface area (Å²) in [7, 11) is 0. The van der Waals surface area contributed by atoms with E-state index >= 15 is 0 Å². The van der Waals surface area contributed by atoms with Crippen molar-refractivity contribution in [2.45, 2.75) is 19.5 Å². The summed E-state index contributed by atoms with van der Waals surface area (Å²) in [6, 6.07) is 8.38. The van der Waals surface area contributed by atoms with Gasteiger partial charge in [0, 0.05) is 22.6 Å². The highest BCUT2D eigenvalue weighted by atomic mass is 35.5. The van der Waals surface area contributed by atoms with E-state index in [-0.39, 0.29) is 25.0 Å². The monoisotopic (exact) mass is 372 g/mol. The van der Waals surface area contributed by atoms with Gasteiger partial charge in [-0.3, -0.25) is 4.79 Å². The van der Waals surface area contributed by atoms with E-state index in [9.17, 15) is 13.6 Å². The molecule has 0 radical (unpaired) electrons. The van der Waals surface area contributed by atoms with Crippen LogP contribution in [0.1, 0.15) is 24.1 Å². The van der Waals surface area contributed by atoms with Gasteiger partial charge in [-0.15, -0.1) is 0 Å². The van der Waals surface area contributed by atoms with Gasteiger partial charge in [0.15, 0.2) is 11.6 Å². The summed E-state index contributed by atoms with van der Waals surface area (Å²) in [5.74, 6) is -2.05. The molecule has 0 saturated carbocycles. The summed E-state index contributed by atoms with van der Waals surface area (Å²) < 4.78 is 26.1. The highest BCUT2D eigenvalue weighted by molar-refractivity contribution is 6.35. The second kappa shape index (κ2) is 8.42. The van der Waals surface area contributed by atoms with E-state index < -0.39 is 11.6 Å². The van der Waals surface area contributed by atoms with Crippen LogP contribution < -0.4 is 10.6 Å². The van der Waals surface area contributed by atoms with E-state index in [1.807, 2.05) is 0 Å². The molecule has 0 fully saturated rings. The minimum atomic E-state index is -0.914. The van der Waals surface area contributed by atoms with Crippen molar-refractivity contribution in [3.8, 4) is 0 Å². The number of hydrogen-bond acceptors (Lipinski definition) is 2. The molecule has 24 heavy (non-hydrogen) atoms. The Kier molecular flexibility index (Phi) is 6.54. The first kappa shape index (κ1) is 18.6. The van der Waals surface area contributed by atoms with Crippen LogP contribution in [0.3, 0.4) is 0 Å². The van der Waals surface area contributed by atoms with Gasteiger partial charge in [-0.2, -0.15) is 0 Å². The molecule has 3 nitrogen and oxygen atoms in total. The third-order valence-corrected chi connectivity index (χ3v) is 4.09. The average molecular weight is 373 g/mol. The Morgan fingerprint density at radius 1 is 1.12 bits per heavy atom. The second-order valence-corrected chi connectivity index (χ2v) is 6.13. The number of carbonyl (C=O) groups is 1. The van der Waals surface area contributed by atoms with Crippen LogP contribution in [0.15, 0.2) is 36.4 Å². The Morgan fingerprint density at radius 3 is 2.54 bits per heavy atom. The fourth-order valence-electron chi connectivity index (χ4n) is 2.07. The van der Waals surface area contributed by atoms with Crippen molar-refractivity contribution in [2.24, 2.45) is 0 Å². The van der Waals surface area contributed by atoms with Gasteiger partial charge < -0.3 is 10.6 Å². The molecule has 2 N–H and O–H groups in total. The van der Waals surface area contributed by atoms with Crippen molar-refractivity contribution in [3.05, 3.63) is 69.2 Å². The molecular formula is C17H16Cl2F2N2O. The molecule has 1 atom stereocenters. The van der Waals surface area contributed by atoms with E-state index in [1.165, 1.54) is 6.07 Å². The lowest BCUT2D eigenvalue weighted by molar-refractivity contribution is -0.120. The molecule has 2 aromatic carbocycles. The van der Waals surface area contributed by atoms with Gasteiger partial charge in [-0.05, 0) is 42.3 Å². The molecule has 0 bridgehead atoms. The van der Waals surface area contributed by atoms with E-state index in [0.717, 1.165) is 17.7 Å². The number of rotatable bonds is 6. The molecule has 0 aliphatic carbocycles. The molecule has 7 heteroatoms. The Labute approximate surface area is 149 Å². The lowest BCUT2D eigenvalue weighted by atomic mass is 10.1. The topological polar surface area (TPSA) is 41.1 Å². The minimum absolute atomic E-state index is 0.0331. The summed E-state index contributed by atoms with van der Waals surface area (Å²) >= 11 is 11.8. The van der Waals surface area contributed by atoms with Gasteiger partial charge in [0.2, 0.25) is 5.91 Å². The maximum Gasteiger partial charge on any atom is 0.234 e. The second-order valence-electron chi connectivity index (χ2n) is 5.29. The molecule has 0 unspecified atom stereocenters. The number of hydrogen-bond donors (Lipinski definition) is 2. The van der Waals surface area contributed by atoms with Crippen molar-refractivity contribution in [1.29, 1.82) is 0 Å². The van der Waals surface area contributed by atoms with Crippen molar-refractivity contribution >= 4 is 29.1 Å². The van der Waals surface area contributed by atoms with Crippen molar-refractivity contribution in [3.63, 3.8) is 0 Å². The van der Waals surface area contributed by atoms with Gasteiger partial charge in [0.05, 0.1) is 6.54 Å². The van der Waals surface area contributed by atoms with Crippen LogP contribution in [-0.2, 0) is 11.3 Å². The van der Waals surface area contributed by atoms with Crippen LogP contribution in [0.4, 0.5) is 8.78 Å². The van der Waals surface area contributed by atoms with Gasteiger partial charge in [-0.25, -0.2) is 8.78 Å². The van der Waals surface area contributed by atoms with Crippen LogP contribution in [0, 0.1) is 11.6 Å².